The number of halogens is 4. The highest BCUT2D eigenvalue weighted by Gasteiger charge is 2.35. The van der Waals surface area contributed by atoms with Crippen molar-refractivity contribution in [1.82, 2.24) is 5.43 Å². The van der Waals surface area contributed by atoms with Crippen LogP contribution in [0.15, 0.2) is 48.5 Å². The third-order valence-electron chi connectivity index (χ3n) is 2.93. The van der Waals surface area contributed by atoms with Crippen molar-refractivity contribution in [3.63, 3.8) is 0 Å². The van der Waals surface area contributed by atoms with Gasteiger partial charge in [0, 0.05) is 5.02 Å². The molecule has 2 rings (SSSR count). The van der Waals surface area contributed by atoms with E-state index >= 15 is 0 Å². The second-order valence-corrected chi connectivity index (χ2v) is 4.68. The minimum absolute atomic E-state index is 0.0600. The van der Waals surface area contributed by atoms with E-state index in [4.69, 9.17) is 17.4 Å². The summed E-state index contributed by atoms with van der Waals surface area (Å²) in [5, 5.41) is 0.437. The molecule has 0 spiro atoms. The summed E-state index contributed by atoms with van der Waals surface area (Å²) >= 11 is 5.87. The largest absolute Gasteiger partial charge is 0.416 e. The van der Waals surface area contributed by atoms with Crippen LogP contribution in [0.5, 0.6) is 0 Å². The monoisotopic (exact) mass is 300 g/mol. The first kappa shape index (κ1) is 14.8. The zero-order chi connectivity index (χ0) is 14.8. The van der Waals surface area contributed by atoms with E-state index < -0.39 is 17.8 Å². The lowest BCUT2D eigenvalue weighted by molar-refractivity contribution is -0.138. The van der Waals surface area contributed by atoms with Crippen LogP contribution in [0.25, 0.3) is 0 Å². The highest BCUT2D eigenvalue weighted by Crippen LogP contribution is 2.36. The summed E-state index contributed by atoms with van der Waals surface area (Å²) in [6.07, 6.45) is -4.44. The van der Waals surface area contributed by atoms with Crippen molar-refractivity contribution in [1.29, 1.82) is 0 Å². The van der Waals surface area contributed by atoms with Crippen LogP contribution < -0.4 is 11.3 Å². The zero-order valence-electron chi connectivity index (χ0n) is 10.3. The van der Waals surface area contributed by atoms with Gasteiger partial charge in [0.1, 0.15) is 0 Å². The molecular weight excluding hydrogens is 289 g/mol. The summed E-state index contributed by atoms with van der Waals surface area (Å²) in [6, 6.07) is 11.1. The first-order valence-electron chi connectivity index (χ1n) is 5.81. The van der Waals surface area contributed by atoms with Gasteiger partial charge in [0.25, 0.3) is 0 Å². The zero-order valence-corrected chi connectivity index (χ0v) is 11.0. The summed E-state index contributed by atoms with van der Waals surface area (Å²) in [7, 11) is 0. The van der Waals surface area contributed by atoms with Crippen molar-refractivity contribution in [3.05, 3.63) is 70.2 Å². The van der Waals surface area contributed by atoms with Crippen LogP contribution in [-0.4, -0.2) is 0 Å². The number of hydrazine groups is 1. The van der Waals surface area contributed by atoms with Gasteiger partial charge in [-0.2, -0.15) is 13.2 Å². The van der Waals surface area contributed by atoms with Crippen molar-refractivity contribution >= 4 is 11.6 Å². The van der Waals surface area contributed by atoms with E-state index in [1.54, 1.807) is 30.3 Å². The van der Waals surface area contributed by atoms with Gasteiger partial charge in [0.05, 0.1) is 11.6 Å². The van der Waals surface area contributed by atoms with Crippen LogP contribution in [0.2, 0.25) is 5.02 Å². The van der Waals surface area contributed by atoms with Crippen LogP contribution in [0, 0.1) is 0 Å². The second kappa shape index (κ2) is 5.83. The molecule has 106 valence electrons. The molecule has 6 heteroatoms. The van der Waals surface area contributed by atoms with Gasteiger partial charge in [-0.05, 0) is 29.3 Å². The molecule has 20 heavy (non-hydrogen) atoms. The van der Waals surface area contributed by atoms with Gasteiger partial charge in [-0.25, -0.2) is 5.43 Å². The van der Waals surface area contributed by atoms with E-state index in [1.165, 1.54) is 12.1 Å². The first-order valence-corrected chi connectivity index (χ1v) is 6.19. The van der Waals surface area contributed by atoms with Gasteiger partial charge in [0.15, 0.2) is 0 Å². The number of rotatable bonds is 3. The van der Waals surface area contributed by atoms with Gasteiger partial charge < -0.3 is 0 Å². The average Bonchev–Trinajstić information content (AvgIpc) is 2.39. The number of nitrogens with one attached hydrogen (secondary N) is 1. The molecule has 0 radical (unpaired) electrons. The maximum absolute atomic E-state index is 13.0. The quantitative estimate of drug-likeness (QED) is 0.666. The van der Waals surface area contributed by atoms with Crippen LogP contribution in [0.4, 0.5) is 13.2 Å². The minimum Gasteiger partial charge on any atom is -0.271 e. The Hall–Kier alpha value is -1.56. The molecule has 0 bridgehead atoms. The predicted octanol–water partition coefficient (Wildman–Crippen LogP) is 3.91. The fourth-order valence-electron chi connectivity index (χ4n) is 2.06. The predicted molar refractivity (Wildman–Crippen MR) is 72.1 cm³/mol. The summed E-state index contributed by atoms with van der Waals surface area (Å²) in [5.41, 5.74) is 2.32. The Kier molecular flexibility index (Phi) is 4.32. The Bertz CT molecular complexity index is 599. The molecule has 0 saturated carbocycles. The Labute approximate surface area is 119 Å². The SMILES string of the molecule is NNC(c1cccc(Cl)c1)c1ccccc1C(F)(F)F. The molecule has 2 aromatic carbocycles. The van der Waals surface area contributed by atoms with Crippen LogP contribution >= 0.6 is 11.6 Å². The molecule has 1 unspecified atom stereocenters. The van der Waals surface area contributed by atoms with Crippen molar-refractivity contribution in [2.45, 2.75) is 12.2 Å². The smallest absolute Gasteiger partial charge is 0.271 e. The number of nitrogens with two attached hydrogens (primary N) is 1. The average molecular weight is 301 g/mol. The highest BCUT2D eigenvalue weighted by atomic mass is 35.5. The fourth-order valence-corrected chi connectivity index (χ4v) is 2.26. The number of hydrogen-bond donors (Lipinski definition) is 2. The van der Waals surface area contributed by atoms with E-state index in [2.05, 4.69) is 5.43 Å². The number of hydrogen-bond acceptors (Lipinski definition) is 2. The molecule has 2 nitrogen and oxygen atoms in total. The maximum atomic E-state index is 13.0. The maximum Gasteiger partial charge on any atom is 0.416 e. The molecule has 0 heterocycles. The molecule has 1 atom stereocenters. The fraction of sp³-hybridized carbons (Fsp3) is 0.143. The molecule has 2 aromatic rings. The Morgan fingerprint density at radius 2 is 1.75 bits per heavy atom. The molecule has 0 aliphatic rings. The lowest BCUT2D eigenvalue weighted by atomic mass is 9.94. The van der Waals surface area contributed by atoms with E-state index in [-0.39, 0.29) is 5.56 Å². The molecule has 0 aliphatic heterocycles. The Morgan fingerprint density at radius 3 is 2.35 bits per heavy atom. The van der Waals surface area contributed by atoms with Crippen LogP contribution in [0.3, 0.4) is 0 Å². The van der Waals surface area contributed by atoms with Gasteiger partial charge in [-0.1, -0.05) is 41.9 Å². The van der Waals surface area contributed by atoms with Crippen molar-refractivity contribution in [2.24, 2.45) is 5.84 Å². The number of benzene rings is 2. The normalized spacial score (nSPS) is 13.2. The topological polar surface area (TPSA) is 38.0 Å². The second-order valence-electron chi connectivity index (χ2n) is 4.24. The van der Waals surface area contributed by atoms with E-state index in [0.717, 1.165) is 6.07 Å². The van der Waals surface area contributed by atoms with Crippen LogP contribution in [-0.2, 0) is 6.18 Å². The molecular formula is C14H12ClF3N2. The summed E-state index contributed by atoms with van der Waals surface area (Å²) in [6.45, 7) is 0. The summed E-state index contributed by atoms with van der Waals surface area (Å²) in [5.74, 6) is 5.44. The van der Waals surface area contributed by atoms with Gasteiger partial charge in [-0.15, -0.1) is 0 Å². The van der Waals surface area contributed by atoms with Crippen molar-refractivity contribution in [2.75, 3.05) is 0 Å². The number of alkyl halides is 3. The van der Waals surface area contributed by atoms with Crippen molar-refractivity contribution in [3.8, 4) is 0 Å². The first-order chi connectivity index (χ1) is 9.43. The molecule has 0 aliphatic carbocycles. The standard InChI is InChI=1S/C14H12ClF3N2/c15-10-5-3-4-9(8-10)13(20-19)11-6-1-2-7-12(11)14(16,17)18/h1-8,13,20H,19H2. The van der Waals surface area contributed by atoms with E-state index in [0.29, 0.717) is 10.6 Å². The highest BCUT2D eigenvalue weighted by molar-refractivity contribution is 6.30. The molecule has 0 saturated heterocycles. The van der Waals surface area contributed by atoms with Crippen molar-refractivity contribution < 1.29 is 13.2 Å². The lowest BCUT2D eigenvalue weighted by Gasteiger charge is -2.21. The summed E-state index contributed by atoms with van der Waals surface area (Å²) < 4.78 is 39.1. The van der Waals surface area contributed by atoms with E-state index in [9.17, 15) is 13.2 Å². The summed E-state index contributed by atoms with van der Waals surface area (Å²) in [4.78, 5) is 0. The van der Waals surface area contributed by atoms with Gasteiger partial charge in [0.2, 0.25) is 0 Å². The Balaban J connectivity index is 2.53. The van der Waals surface area contributed by atoms with E-state index in [1.807, 2.05) is 0 Å². The lowest BCUT2D eigenvalue weighted by Crippen LogP contribution is -2.30. The Morgan fingerprint density at radius 1 is 1.05 bits per heavy atom. The third-order valence-corrected chi connectivity index (χ3v) is 3.16. The third kappa shape index (κ3) is 3.12. The minimum atomic E-state index is -4.44. The molecule has 0 aromatic heterocycles. The van der Waals surface area contributed by atoms with Gasteiger partial charge >= 0.3 is 6.18 Å². The van der Waals surface area contributed by atoms with Crippen LogP contribution in [0.1, 0.15) is 22.7 Å². The van der Waals surface area contributed by atoms with Gasteiger partial charge in [-0.3, -0.25) is 5.84 Å². The molecule has 3 N–H and O–H groups in total. The molecule has 0 fully saturated rings. The molecule has 0 amide bonds.